The van der Waals surface area contributed by atoms with E-state index in [1.165, 1.54) is 11.3 Å². The largest absolute Gasteiger partial charge is 0.477 e. The van der Waals surface area contributed by atoms with Gasteiger partial charge in [0.15, 0.2) is 0 Å². The van der Waals surface area contributed by atoms with Crippen molar-refractivity contribution in [3.8, 4) is 11.3 Å². The smallest absolute Gasteiger partial charge is 0.346 e. The summed E-state index contributed by atoms with van der Waals surface area (Å²) in [6.45, 7) is 5.23. The van der Waals surface area contributed by atoms with Gasteiger partial charge >= 0.3 is 5.97 Å². The Labute approximate surface area is 126 Å². The molecule has 0 atom stereocenters. The number of carboxylic acids is 1. The fourth-order valence-corrected chi connectivity index (χ4v) is 3.12. The molecule has 3 heterocycles. The van der Waals surface area contributed by atoms with Crippen LogP contribution in [0, 0.1) is 0 Å². The molecule has 1 aliphatic rings. The molecule has 0 bridgehead atoms. The molecule has 112 valence electrons. The van der Waals surface area contributed by atoms with Crippen molar-refractivity contribution < 1.29 is 14.6 Å². The highest BCUT2D eigenvalue weighted by atomic mass is 32.1. The van der Waals surface area contributed by atoms with Crippen LogP contribution in [0.15, 0.2) is 23.7 Å². The first-order valence-electron chi connectivity index (χ1n) is 6.89. The van der Waals surface area contributed by atoms with Gasteiger partial charge in [0.25, 0.3) is 0 Å². The van der Waals surface area contributed by atoms with Crippen LogP contribution in [0.3, 0.4) is 0 Å². The maximum atomic E-state index is 11.2. The minimum Gasteiger partial charge on any atom is -0.477 e. The first-order chi connectivity index (χ1) is 10.2. The van der Waals surface area contributed by atoms with E-state index in [0.717, 1.165) is 45.1 Å². The number of carboxylic acid groups (broad SMARTS) is 1. The quantitative estimate of drug-likeness (QED) is 0.909. The van der Waals surface area contributed by atoms with Gasteiger partial charge in [-0.15, -0.1) is 11.3 Å². The fourth-order valence-electron chi connectivity index (χ4n) is 2.38. The van der Waals surface area contributed by atoms with Crippen molar-refractivity contribution in [3.63, 3.8) is 0 Å². The van der Waals surface area contributed by atoms with E-state index >= 15 is 0 Å². The molecule has 0 aliphatic carbocycles. The average Bonchev–Trinajstić information content (AvgIpc) is 3.15. The Kier molecular flexibility index (Phi) is 4.33. The summed E-state index contributed by atoms with van der Waals surface area (Å²) in [5.74, 6) is -0.900. The molecule has 21 heavy (non-hydrogen) atoms. The van der Waals surface area contributed by atoms with Crippen molar-refractivity contribution in [1.29, 1.82) is 0 Å². The van der Waals surface area contributed by atoms with Crippen LogP contribution < -0.4 is 0 Å². The Morgan fingerprint density at radius 3 is 2.90 bits per heavy atom. The number of ether oxygens (including phenoxy) is 1. The molecule has 1 aliphatic heterocycles. The van der Waals surface area contributed by atoms with E-state index in [4.69, 9.17) is 9.84 Å². The van der Waals surface area contributed by atoms with E-state index < -0.39 is 5.97 Å². The van der Waals surface area contributed by atoms with Gasteiger partial charge in [-0.25, -0.2) is 4.79 Å². The van der Waals surface area contributed by atoms with Crippen molar-refractivity contribution in [3.05, 3.63) is 28.6 Å². The standard InChI is InChI=1S/C14H17N3O3S/c18-14(19)13-11(2-10-21-13)12-1-3-17(15-12)5-4-16-6-8-20-9-7-16/h1-3,10H,4-9H2,(H,18,19). The lowest BCUT2D eigenvalue weighted by Crippen LogP contribution is -2.38. The molecule has 3 rings (SSSR count). The Morgan fingerprint density at radius 2 is 2.14 bits per heavy atom. The summed E-state index contributed by atoms with van der Waals surface area (Å²) in [5, 5.41) is 15.4. The van der Waals surface area contributed by atoms with Crippen molar-refractivity contribution in [2.45, 2.75) is 6.54 Å². The van der Waals surface area contributed by atoms with Crippen LogP contribution in [0.5, 0.6) is 0 Å². The summed E-state index contributed by atoms with van der Waals surface area (Å²) >= 11 is 1.23. The Bertz CT molecular complexity index is 617. The molecule has 0 saturated carbocycles. The number of morpholine rings is 1. The van der Waals surface area contributed by atoms with Crippen LogP contribution in [0.25, 0.3) is 11.3 Å². The molecule has 6 nitrogen and oxygen atoms in total. The van der Waals surface area contributed by atoms with E-state index in [1.807, 2.05) is 23.0 Å². The molecule has 0 radical (unpaired) electrons. The van der Waals surface area contributed by atoms with E-state index in [9.17, 15) is 4.79 Å². The highest BCUT2D eigenvalue weighted by molar-refractivity contribution is 7.12. The van der Waals surface area contributed by atoms with Gasteiger partial charge in [-0.2, -0.15) is 5.10 Å². The number of nitrogens with zero attached hydrogens (tertiary/aromatic N) is 3. The summed E-state index contributed by atoms with van der Waals surface area (Å²) in [7, 11) is 0. The number of carbonyl (C=O) groups is 1. The van der Waals surface area contributed by atoms with Gasteiger partial charge in [0.05, 0.1) is 25.5 Å². The van der Waals surface area contributed by atoms with Gasteiger partial charge in [0, 0.05) is 31.4 Å². The molecule has 1 N–H and O–H groups in total. The lowest BCUT2D eigenvalue weighted by molar-refractivity contribution is 0.0360. The zero-order valence-electron chi connectivity index (χ0n) is 11.6. The number of aromatic nitrogens is 2. The van der Waals surface area contributed by atoms with Gasteiger partial charge in [-0.05, 0) is 17.5 Å². The summed E-state index contributed by atoms with van der Waals surface area (Å²) in [5.41, 5.74) is 1.41. The summed E-state index contributed by atoms with van der Waals surface area (Å²) in [6.07, 6.45) is 1.90. The number of rotatable bonds is 5. The normalized spacial score (nSPS) is 16.2. The Hall–Kier alpha value is -1.70. The maximum absolute atomic E-state index is 11.2. The molecule has 0 spiro atoms. The topological polar surface area (TPSA) is 67.6 Å². The minimum atomic E-state index is -0.900. The monoisotopic (exact) mass is 307 g/mol. The first-order valence-corrected chi connectivity index (χ1v) is 7.77. The van der Waals surface area contributed by atoms with Crippen LogP contribution >= 0.6 is 11.3 Å². The fraction of sp³-hybridized carbons (Fsp3) is 0.429. The molecular formula is C14H17N3O3S. The maximum Gasteiger partial charge on any atom is 0.346 e. The van der Waals surface area contributed by atoms with E-state index in [1.54, 1.807) is 5.38 Å². The molecule has 0 aromatic carbocycles. The second-order valence-corrected chi connectivity index (χ2v) is 5.80. The second kappa shape index (κ2) is 6.38. The summed E-state index contributed by atoms with van der Waals surface area (Å²) < 4.78 is 7.19. The van der Waals surface area contributed by atoms with Crippen molar-refractivity contribution >= 4 is 17.3 Å². The second-order valence-electron chi connectivity index (χ2n) is 4.89. The third kappa shape index (κ3) is 3.31. The lowest BCUT2D eigenvalue weighted by atomic mass is 10.2. The first kappa shape index (κ1) is 14.2. The van der Waals surface area contributed by atoms with Crippen molar-refractivity contribution in [2.24, 2.45) is 0 Å². The zero-order valence-corrected chi connectivity index (χ0v) is 12.4. The van der Waals surface area contributed by atoms with Crippen LogP contribution in [0.2, 0.25) is 0 Å². The molecule has 0 unspecified atom stereocenters. The summed E-state index contributed by atoms with van der Waals surface area (Å²) in [4.78, 5) is 13.8. The Balaban J connectivity index is 1.65. The van der Waals surface area contributed by atoms with E-state index in [0.29, 0.717) is 10.4 Å². The number of hydrogen-bond acceptors (Lipinski definition) is 5. The van der Waals surface area contributed by atoms with Crippen LogP contribution in [-0.2, 0) is 11.3 Å². The van der Waals surface area contributed by atoms with Crippen molar-refractivity contribution in [2.75, 3.05) is 32.8 Å². The van der Waals surface area contributed by atoms with Crippen LogP contribution in [0.1, 0.15) is 9.67 Å². The predicted octanol–water partition coefficient (Wildman–Crippen LogP) is 1.64. The van der Waals surface area contributed by atoms with Gasteiger partial charge in [0.2, 0.25) is 0 Å². The highest BCUT2D eigenvalue weighted by Crippen LogP contribution is 2.26. The number of thiophene rings is 1. The molecule has 2 aromatic rings. The van der Waals surface area contributed by atoms with Crippen molar-refractivity contribution in [1.82, 2.24) is 14.7 Å². The minimum absolute atomic E-state index is 0.341. The van der Waals surface area contributed by atoms with Gasteiger partial charge in [-0.1, -0.05) is 0 Å². The predicted molar refractivity (Wildman–Crippen MR) is 79.8 cm³/mol. The molecule has 1 fully saturated rings. The number of hydrogen-bond donors (Lipinski definition) is 1. The van der Waals surface area contributed by atoms with Crippen LogP contribution in [-0.4, -0.2) is 58.6 Å². The average molecular weight is 307 g/mol. The van der Waals surface area contributed by atoms with Gasteiger partial charge < -0.3 is 9.84 Å². The highest BCUT2D eigenvalue weighted by Gasteiger charge is 2.15. The van der Waals surface area contributed by atoms with Gasteiger partial charge in [-0.3, -0.25) is 9.58 Å². The molecule has 0 amide bonds. The molecule has 1 saturated heterocycles. The third-order valence-electron chi connectivity index (χ3n) is 3.53. The third-order valence-corrected chi connectivity index (χ3v) is 4.43. The number of aromatic carboxylic acids is 1. The SMILES string of the molecule is O=C(O)c1sccc1-c1ccn(CCN2CCOCC2)n1. The molecule has 2 aromatic heterocycles. The van der Waals surface area contributed by atoms with Crippen LogP contribution in [0.4, 0.5) is 0 Å². The molecular weight excluding hydrogens is 290 g/mol. The van der Waals surface area contributed by atoms with E-state index in [-0.39, 0.29) is 0 Å². The lowest BCUT2D eigenvalue weighted by Gasteiger charge is -2.26. The van der Waals surface area contributed by atoms with Gasteiger partial charge in [0.1, 0.15) is 4.88 Å². The zero-order chi connectivity index (χ0) is 14.7. The summed E-state index contributed by atoms with van der Waals surface area (Å²) in [6, 6.07) is 3.68. The van der Waals surface area contributed by atoms with E-state index in [2.05, 4.69) is 10.00 Å². The Morgan fingerprint density at radius 1 is 1.33 bits per heavy atom. The molecule has 7 heteroatoms.